The zero-order chi connectivity index (χ0) is 22.2. The number of carbonyl (C=O) groups is 2. The summed E-state index contributed by atoms with van der Waals surface area (Å²) in [5, 5.41) is 3.56. The third kappa shape index (κ3) is 4.67. The molecule has 1 atom stereocenters. The number of hydrogen-bond donors (Lipinski definition) is 1. The smallest absolute Gasteiger partial charge is 0.257 e. The van der Waals surface area contributed by atoms with Gasteiger partial charge < -0.3 is 15.0 Å². The first-order valence-corrected chi connectivity index (χ1v) is 11.6. The van der Waals surface area contributed by atoms with Crippen molar-refractivity contribution in [2.45, 2.75) is 40.0 Å². The predicted molar refractivity (Wildman–Crippen MR) is 120 cm³/mol. The van der Waals surface area contributed by atoms with Crippen LogP contribution in [0.1, 0.15) is 58.3 Å². The van der Waals surface area contributed by atoms with E-state index in [1.165, 1.54) is 40.5 Å². The number of carbonyl (C=O) groups excluding carboxylic acids is 2. The first kappa shape index (κ1) is 22.0. The highest BCUT2D eigenvalue weighted by molar-refractivity contribution is 7.17. The SMILES string of the molecule is CC(C)(C)[C@@H]1CCc2c(sc(NC(=O)c3ccc(F)cc3)c2C(=O)N2CCOCC2)C1. The van der Waals surface area contributed by atoms with Crippen molar-refractivity contribution in [2.24, 2.45) is 11.3 Å². The molecule has 2 aromatic rings. The van der Waals surface area contributed by atoms with Gasteiger partial charge in [-0.2, -0.15) is 0 Å². The second-order valence-corrected chi connectivity index (χ2v) is 10.5. The van der Waals surface area contributed by atoms with Crippen LogP contribution in [0.3, 0.4) is 0 Å². The van der Waals surface area contributed by atoms with Crippen LogP contribution < -0.4 is 5.32 Å². The number of nitrogens with zero attached hydrogens (tertiary/aromatic N) is 1. The average molecular weight is 445 g/mol. The van der Waals surface area contributed by atoms with Crippen LogP contribution in [0.5, 0.6) is 0 Å². The molecule has 0 unspecified atom stereocenters. The summed E-state index contributed by atoms with van der Waals surface area (Å²) in [6, 6.07) is 5.44. The van der Waals surface area contributed by atoms with Crippen LogP contribution in [0.4, 0.5) is 9.39 Å². The van der Waals surface area contributed by atoms with Crippen molar-refractivity contribution in [1.82, 2.24) is 4.90 Å². The van der Waals surface area contributed by atoms with Crippen LogP contribution in [-0.4, -0.2) is 43.0 Å². The molecule has 1 fully saturated rings. The molecule has 0 bridgehead atoms. The fourth-order valence-corrected chi connectivity index (χ4v) is 5.66. The Morgan fingerprint density at radius 3 is 2.48 bits per heavy atom. The minimum atomic E-state index is -0.389. The lowest BCUT2D eigenvalue weighted by Crippen LogP contribution is -2.41. The molecule has 1 aliphatic carbocycles. The Hall–Kier alpha value is -2.25. The number of morpholine rings is 1. The van der Waals surface area contributed by atoms with Gasteiger partial charge in [0, 0.05) is 23.5 Å². The van der Waals surface area contributed by atoms with Crippen LogP contribution in [-0.2, 0) is 17.6 Å². The Morgan fingerprint density at radius 2 is 1.84 bits per heavy atom. The highest BCUT2D eigenvalue weighted by Gasteiger charge is 2.35. The highest BCUT2D eigenvalue weighted by atomic mass is 32.1. The molecule has 0 spiro atoms. The van der Waals surface area contributed by atoms with Crippen molar-refractivity contribution in [3.05, 3.63) is 51.7 Å². The molecule has 2 amide bonds. The van der Waals surface area contributed by atoms with E-state index >= 15 is 0 Å². The minimum absolute atomic E-state index is 0.0376. The number of fused-ring (bicyclic) bond motifs is 1. The predicted octanol–water partition coefficient (Wildman–Crippen LogP) is 4.76. The summed E-state index contributed by atoms with van der Waals surface area (Å²) in [7, 11) is 0. The molecule has 1 aromatic heterocycles. The molecule has 7 heteroatoms. The van der Waals surface area contributed by atoms with Crippen molar-refractivity contribution in [2.75, 3.05) is 31.6 Å². The first-order chi connectivity index (χ1) is 14.7. The Balaban J connectivity index is 1.67. The number of ether oxygens (including phenoxy) is 1. The first-order valence-electron chi connectivity index (χ1n) is 10.8. The Labute approximate surface area is 186 Å². The fourth-order valence-electron chi connectivity index (χ4n) is 4.34. The maximum absolute atomic E-state index is 13.5. The summed E-state index contributed by atoms with van der Waals surface area (Å²) < 4.78 is 18.7. The lowest BCUT2D eigenvalue weighted by Gasteiger charge is -2.34. The number of halogens is 1. The van der Waals surface area contributed by atoms with Crippen LogP contribution in [0.2, 0.25) is 0 Å². The van der Waals surface area contributed by atoms with Gasteiger partial charge in [-0.3, -0.25) is 9.59 Å². The zero-order valence-corrected chi connectivity index (χ0v) is 19.1. The van der Waals surface area contributed by atoms with Gasteiger partial charge >= 0.3 is 0 Å². The lowest BCUT2D eigenvalue weighted by atomic mass is 9.72. The second-order valence-electron chi connectivity index (χ2n) is 9.38. The van der Waals surface area contributed by atoms with Gasteiger partial charge in [-0.05, 0) is 60.4 Å². The van der Waals surface area contributed by atoms with Crippen molar-refractivity contribution < 1.29 is 18.7 Å². The van der Waals surface area contributed by atoms with Gasteiger partial charge in [-0.1, -0.05) is 20.8 Å². The number of thiophene rings is 1. The molecule has 1 aromatic carbocycles. The normalized spacial score (nSPS) is 19.1. The van der Waals surface area contributed by atoms with Gasteiger partial charge in [0.25, 0.3) is 11.8 Å². The standard InChI is InChI=1S/C24H29FN2O3S/c1-24(2,3)16-6-9-18-19(14-16)31-22(20(18)23(29)27-10-12-30-13-11-27)26-21(28)15-4-7-17(25)8-5-15/h4-5,7-8,16H,6,9-14H2,1-3H3,(H,26,28)/t16-/m1/s1. The quantitative estimate of drug-likeness (QED) is 0.742. The van der Waals surface area contributed by atoms with Gasteiger partial charge in [-0.25, -0.2) is 4.39 Å². The second kappa shape index (κ2) is 8.71. The molecular weight excluding hydrogens is 415 g/mol. The minimum Gasteiger partial charge on any atom is -0.378 e. The molecule has 0 radical (unpaired) electrons. The number of amides is 2. The van der Waals surface area contributed by atoms with E-state index < -0.39 is 0 Å². The molecule has 2 heterocycles. The largest absolute Gasteiger partial charge is 0.378 e. The molecule has 1 aliphatic heterocycles. The zero-order valence-electron chi connectivity index (χ0n) is 18.3. The fraction of sp³-hybridized carbons (Fsp3) is 0.500. The van der Waals surface area contributed by atoms with Gasteiger partial charge in [-0.15, -0.1) is 11.3 Å². The number of rotatable bonds is 3. The average Bonchev–Trinajstić information content (AvgIpc) is 3.10. The van der Waals surface area contributed by atoms with Crippen LogP contribution >= 0.6 is 11.3 Å². The lowest BCUT2D eigenvalue weighted by molar-refractivity contribution is 0.0303. The number of nitrogens with one attached hydrogen (secondary N) is 1. The van der Waals surface area contributed by atoms with Gasteiger partial charge in [0.15, 0.2) is 0 Å². The summed E-state index contributed by atoms with van der Waals surface area (Å²) in [5.74, 6) is -0.225. The summed E-state index contributed by atoms with van der Waals surface area (Å²) >= 11 is 1.52. The van der Waals surface area contributed by atoms with Crippen molar-refractivity contribution >= 4 is 28.2 Å². The Morgan fingerprint density at radius 1 is 1.16 bits per heavy atom. The molecule has 2 aliphatic rings. The molecular formula is C24H29FN2O3S. The van der Waals surface area contributed by atoms with E-state index in [1.807, 2.05) is 4.90 Å². The Bertz CT molecular complexity index is 972. The summed E-state index contributed by atoms with van der Waals surface area (Å²) in [5.41, 5.74) is 2.26. The van der Waals surface area contributed by atoms with E-state index in [2.05, 4.69) is 26.1 Å². The maximum atomic E-state index is 13.5. The van der Waals surface area contributed by atoms with Gasteiger partial charge in [0.05, 0.1) is 18.8 Å². The molecule has 4 rings (SSSR count). The number of benzene rings is 1. The van der Waals surface area contributed by atoms with E-state index in [0.29, 0.717) is 48.3 Å². The molecule has 1 N–H and O–H groups in total. The summed E-state index contributed by atoms with van der Waals surface area (Å²) in [6.07, 6.45) is 2.78. The number of hydrogen-bond acceptors (Lipinski definition) is 4. The van der Waals surface area contributed by atoms with E-state index in [0.717, 1.165) is 24.8 Å². The molecule has 31 heavy (non-hydrogen) atoms. The molecule has 166 valence electrons. The monoisotopic (exact) mass is 444 g/mol. The van der Waals surface area contributed by atoms with Crippen LogP contribution in [0, 0.1) is 17.2 Å². The van der Waals surface area contributed by atoms with Gasteiger partial charge in [0.2, 0.25) is 0 Å². The molecule has 1 saturated heterocycles. The van der Waals surface area contributed by atoms with E-state index in [9.17, 15) is 14.0 Å². The highest BCUT2D eigenvalue weighted by Crippen LogP contribution is 2.44. The molecule has 5 nitrogen and oxygen atoms in total. The molecule has 0 saturated carbocycles. The van der Waals surface area contributed by atoms with Gasteiger partial charge in [0.1, 0.15) is 10.8 Å². The van der Waals surface area contributed by atoms with Crippen molar-refractivity contribution in [3.63, 3.8) is 0 Å². The third-order valence-electron chi connectivity index (χ3n) is 6.34. The van der Waals surface area contributed by atoms with E-state index in [4.69, 9.17) is 4.74 Å². The van der Waals surface area contributed by atoms with Crippen molar-refractivity contribution in [1.29, 1.82) is 0 Å². The summed E-state index contributed by atoms with van der Waals surface area (Å²) in [6.45, 7) is 8.94. The van der Waals surface area contributed by atoms with Crippen molar-refractivity contribution in [3.8, 4) is 0 Å². The van der Waals surface area contributed by atoms with E-state index in [1.54, 1.807) is 0 Å². The third-order valence-corrected chi connectivity index (χ3v) is 7.51. The van der Waals surface area contributed by atoms with E-state index in [-0.39, 0.29) is 23.0 Å². The maximum Gasteiger partial charge on any atom is 0.257 e. The summed E-state index contributed by atoms with van der Waals surface area (Å²) in [4.78, 5) is 29.3. The topological polar surface area (TPSA) is 58.6 Å². The number of anilines is 1. The Kier molecular flexibility index (Phi) is 6.17. The van der Waals surface area contributed by atoms with Crippen LogP contribution in [0.15, 0.2) is 24.3 Å². The van der Waals surface area contributed by atoms with Crippen LogP contribution in [0.25, 0.3) is 0 Å².